The van der Waals surface area contributed by atoms with Gasteiger partial charge >= 0.3 is 0 Å². The normalized spacial score (nSPS) is 19.3. The van der Waals surface area contributed by atoms with Crippen molar-refractivity contribution in [1.29, 1.82) is 0 Å². The maximum absolute atomic E-state index is 2.30. The van der Waals surface area contributed by atoms with Crippen molar-refractivity contribution >= 4 is 11.8 Å². The molecule has 0 radical (unpaired) electrons. The molecule has 0 amide bonds. The van der Waals surface area contributed by atoms with Crippen LogP contribution in [0.5, 0.6) is 0 Å². The largest absolute Gasteiger partial charge is 0.131 e. The molecule has 1 saturated heterocycles. The Labute approximate surface area is 96.8 Å². The lowest BCUT2D eigenvalue weighted by Gasteiger charge is -2.05. The van der Waals surface area contributed by atoms with Crippen molar-refractivity contribution in [2.45, 2.75) is 32.6 Å². The summed E-state index contributed by atoms with van der Waals surface area (Å²) >= 11 is 2.07. The molecule has 15 heavy (non-hydrogen) atoms. The number of hydrogen-bond donors (Lipinski definition) is 0. The number of hydrogen-bond acceptors (Lipinski definition) is 1. The number of benzene rings is 1. The Morgan fingerprint density at radius 1 is 1.27 bits per heavy atom. The first-order valence-corrected chi connectivity index (χ1v) is 6.70. The number of thioether (sulfide) groups is 1. The van der Waals surface area contributed by atoms with Gasteiger partial charge in [-0.15, -0.1) is 11.8 Å². The third-order valence-corrected chi connectivity index (χ3v) is 4.33. The fraction of sp³-hybridized carbons (Fsp3) is 0.429. The summed E-state index contributed by atoms with van der Waals surface area (Å²) < 4.78 is 0. The second kappa shape index (κ2) is 5.41. The molecule has 0 saturated carbocycles. The number of rotatable bonds is 3. The molecule has 80 valence electrons. The Hall–Kier alpha value is -0.690. The summed E-state index contributed by atoms with van der Waals surface area (Å²) in [6.45, 7) is 2.30. The van der Waals surface area contributed by atoms with Crippen molar-refractivity contribution in [2.24, 2.45) is 0 Å². The highest BCUT2D eigenvalue weighted by Crippen LogP contribution is 2.34. The van der Waals surface area contributed by atoms with Crippen LogP contribution in [-0.2, 0) is 6.42 Å². The van der Waals surface area contributed by atoms with Gasteiger partial charge in [-0.25, -0.2) is 0 Å². The molecule has 1 heteroatoms. The SMILES string of the molecule is C/C(CCc1ccccc1)=C1\CCCS1. The van der Waals surface area contributed by atoms with E-state index in [2.05, 4.69) is 49.0 Å². The van der Waals surface area contributed by atoms with E-state index < -0.39 is 0 Å². The Morgan fingerprint density at radius 3 is 2.73 bits per heavy atom. The molecular formula is C14H18S. The monoisotopic (exact) mass is 218 g/mol. The summed E-state index contributed by atoms with van der Waals surface area (Å²) in [5.41, 5.74) is 3.07. The molecule has 2 rings (SSSR count). The summed E-state index contributed by atoms with van der Waals surface area (Å²) in [6, 6.07) is 10.8. The average molecular weight is 218 g/mol. The second-order valence-corrected chi connectivity index (χ2v) is 5.33. The van der Waals surface area contributed by atoms with Crippen LogP contribution in [0.25, 0.3) is 0 Å². The standard InChI is InChI=1S/C14H18S/c1-12(14-8-5-11-15-14)9-10-13-6-3-2-4-7-13/h2-4,6-7H,5,8-11H2,1H3/b14-12-. The summed E-state index contributed by atoms with van der Waals surface area (Å²) in [5.74, 6) is 1.33. The zero-order valence-corrected chi connectivity index (χ0v) is 10.1. The van der Waals surface area contributed by atoms with Gasteiger partial charge in [-0.3, -0.25) is 0 Å². The number of allylic oxidation sites excluding steroid dienone is 2. The van der Waals surface area contributed by atoms with E-state index in [1.807, 2.05) is 0 Å². The molecule has 0 unspecified atom stereocenters. The lowest BCUT2D eigenvalue weighted by Crippen LogP contribution is -1.88. The van der Waals surface area contributed by atoms with Crippen LogP contribution >= 0.6 is 11.8 Å². The van der Waals surface area contributed by atoms with Crippen LogP contribution in [0.4, 0.5) is 0 Å². The van der Waals surface area contributed by atoms with E-state index in [4.69, 9.17) is 0 Å². The molecule has 0 N–H and O–H groups in total. The Bertz CT molecular complexity index is 330. The molecule has 1 fully saturated rings. The van der Waals surface area contributed by atoms with Gasteiger partial charge in [0.15, 0.2) is 0 Å². The molecule has 1 aliphatic rings. The van der Waals surface area contributed by atoms with Crippen LogP contribution in [0.3, 0.4) is 0 Å². The van der Waals surface area contributed by atoms with Crippen LogP contribution < -0.4 is 0 Å². The smallest absolute Gasteiger partial charge is 0.00199 e. The summed E-state index contributed by atoms with van der Waals surface area (Å²) in [5, 5.41) is 0. The van der Waals surface area contributed by atoms with Crippen LogP contribution in [0.2, 0.25) is 0 Å². The minimum atomic E-state index is 1.19. The summed E-state index contributed by atoms with van der Waals surface area (Å²) in [4.78, 5) is 1.66. The van der Waals surface area contributed by atoms with Gasteiger partial charge in [0, 0.05) is 0 Å². The molecule has 0 aromatic heterocycles. The fourth-order valence-corrected chi connectivity index (χ4v) is 3.12. The van der Waals surface area contributed by atoms with Crippen molar-refractivity contribution in [3.63, 3.8) is 0 Å². The third-order valence-electron chi connectivity index (χ3n) is 2.93. The lowest BCUT2D eigenvalue weighted by molar-refractivity contribution is 0.908. The van der Waals surface area contributed by atoms with Gasteiger partial charge in [-0.2, -0.15) is 0 Å². The first-order chi connectivity index (χ1) is 7.36. The molecule has 1 aliphatic heterocycles. The molecule has 0 nitrogen and oxygen atoms in total. The van der Waals surface area contributed by atoms with Crippen LogP contribution in [0, 0.1) is 0 Å². The maximum atomic E-state index is 2.30. The molecule has 1 aromatic rings. The van der Waals surface area contributed by atoms with Crippen LogP contribution in [0.15, 0.2) is 40.8 Å². The van der Waals surface area contributed by atoms with E-state index in [9.17, 15) is 0 Å². The van der Waals surface area contributed by atoms with Crippen molar-refractivity contribution in [2.75, 3.05) is 5.75 Å². The van der Waals surface area contributed by atoms with Crippen molar-refractivity contribution in [3.8, 4) is 0 Å². The zero-order chi connectivity index (χ0) is 10.5. The Kier molecular flexibility index (Phi) is 3.90. The van der Waals surface area contributed by atoms with Gasteiger partial charge < -0.3 is 0 Å². The van der Waals surface area contributed by atoms with Gasteiger partial charge in [0.2, 0.25) is 0 Å². The molecule has 1 aromatic carbocycles. The van der Waals surface area contributed by atoms with Crippen molar-refractivity contribution in [3.05, 3.63) is 46.4 Å². The molecule has 0 spiro atoms. The molecule has 1 heterocycles. The van der Waals surface area contributed by atoms with E-state index >= 15 is 0 Å². The fourth-order valence-electron chi connectivity index (χ4n) is 1.95. The highest BCUT2D eigenvalue weighted by atomic mass is 32.2. The minimum absolute atomic E-state index is 1.19. The Balaban J connectivity index is 1.90. The molecule has 0 atom stereocenters. The molecular weight excluding hydrogens is 200 g/mol. The summed E-state index contributed by atoms with van der Waals surface area (Å²) in [6.07, 6.45) is 5.12. The number of aryl methyl sites for hydroxylation is 1. The van der Waals surface area contributed by atoms with Gasteiger partial charge in [-0.1, -0.05) is 35.9 Å². The van der Waals surface area contributed by atoms with Crippen LogP contribution in [-0.4, -0.2) is 5.75 Å². The topological polar surface area (TPSA) is 0 Å². The molecule has 0 aliphatic carbocycles. The van der Waals surface area contributed by atoms with Crippen LogP contribution in [0.1, 0.15) is 31.7 Å². The maximum Gasteiger partial charge on any atom is -0.00199 e. The zero-order valence-electron chi connectivity index (χ0n) is 9.33. The highest BCUT2D eigenvalue weighted by Gasteiger charge is 2.10. The summed E-state index contributed by atoms with van der Waals surface area (Å²) in [7, 11) is 0. The Morgan fingerprint density at radius 2 is 2.07 bits per heavy atom. The van der Waals surface area contributed by atoms with Gasteiger partial charge in [0.1, 0.15) is 0 Å². The predicted molar refractivity (Wildman–Crippen MR) is 69.2 cm³/mol. The van der Waals surface area contributed by atoms with E-state index in [1.54, 1.807) is 10.5 Å². The van der Waals surface area contributed by atoms with E-state index in [0.717, 1.165) is 0 Å². The van der Waals surface area contributed by atoms with Crippen molar-refractivity contribution < 1.29 is 0 Å². The predicted octanol–water partition coefficient (Wildman–Crippen LogP) is 4.42. The van der Waals surface area contributed by atoms with Gasteiger partial charge in [-0.05, 0) is 48.8 Å². The molecule has 0 bridgehead atoms. The van der Waals surface area contributed by atoms with Gasteiger partial charge in [0.05, 0.1) is 0 Å². The van der Waals surface area contributed by atoms with E-state index in [-0.39, 0.29) is 0 Å². The lowest BCUT2D eigenvalue weighted by atomic mass is 10.0. The van der Waals surface area contributed by atoms with Crippen molar-refractivity contribution in [1.82, 2.24) is 0 Å². The first-order valence-electron chi connectivity index (χ1n) is 5.71. The highest BCUT2D eigenvalue weighted by molar-refractivity contribution is 8.03. The van der Waals surface area contributed by atoms with Gasteiger partial charge in [0.25, 0.3) is 0 Å². The first kappa shape index (κ1) is 10.8. The second-order valence-electron chi connectivity index (χ2n) is 4.14. The minimum Gasteiger partial charge on any atom is -0.131 e. The van der Waals surface area contributed by atoms with E-state index in [1.165, 1.54) is 37.0 Å². The quantitative estimate of drug-likeness (QED) is 0.723. The average Bonchev–Trinajstić information content (AvgIpc) is 2.81. The van der Waals surface area contributed by atoms with E-state index in [0.29, 0.717) is 0 Å². The third kappa shape index (κ3) is 3.13.